The van der Waals surface area contributed by atoms with Crippen molar-refractivity contribution in [1.29, 1.82) is 0 Å². The largest absolute Gasteiger partial charge is 0.352 e. The van der Waals surface area contributed by atoms with Crippen molar-refractivity contribution in [1.82, 2.24) is 25.0 Å². The van der Waals surface area contributed by atoms with Crippen LogP contribution in [-0.2, 0) is 9.59 Å². The molecule has 4 aromatic rings. The molecule has 0 spiro atoms. The number of aromatic nitrogens is 3. The summed E-state index contributed by atoms with van der Waals surface area (Å²) in [5, 5.41) is 11.3. The molecular weight excluding hydrogens is 434 g/mol. The molecule has 0 unspecified atom stereocenters. The number of benzene rings is 1. The summed E-state index contributed by atoms with van der Waals surface area (Å²) >= 11 is 1.58. The van der Waals surface area contributed by atoms with Gasteiger partial charge in [-0.3, -0.25) is 19.6 Å². The van der Waals surface area contributed by atoms with Crippen LogP contribution in [0, 0.1) is 0 Å². The number of nitrogens with one attached hydrogen (secondary N) is 2. The number of amides is 2. The molecule has 4 heterocycles. The highest BCUT2D eigenvalue weighted by molar-refractivity contribution is 7.16. The van der Waals surface area contributed by atoms with Gasteiger partial charge in [0, 0.05) is 28.6 Å². The predicted octanol–water partition coefficient (Wildman–Crippen LogP) is 4.19. The van der Waals surface area contributed by atoms with Crippen LogP contribution >= 0.6 is 11.3 Å². The molecule has 33 heavy (non-hydrogen) atoms. The molecule has 168 valence electrons. The first kappa shape index (κ1) is 20.4. The number of nitrogens with zero attached hydrogens (tertiary/aromatic N) is 3. The van der Waals surface area contributed by atoms with Gasteiger partial charge in [-0.25, -0.2) is 0 Å². The Bertz CT molecular complexity index is 1430. The Morgan fingerprint density at radius 2 is 1.76 bits per heavy atom. The lowest BCUT2D eigenvalue weighted by Gasteiger charge is -2.33. The number of H-pyrrole nitrogens is 1. The van der Waals surface area contributed by atoms with E-state index in [1.54, 1.807) is 11.3 Å². The Kier molecular flexibility index (Phi) is 4.74. The highest BCUT2D eigenvalue weighted by atomic mass is 32.1. The second kappa shape index (κ2) is 7.67. The second-order valence-electron chi connectivity index (χ2n) is 9.14. The molecule has 2 N–H and O–H groups in total. The van der Waals surface area contributed by atoms with Gasteiger partial charge in [-0.05, 0) is 57.3 Å². The van der Waals surface area contributed by atoms with E-state index < -0.39 is 0 Å². The molecule has 0 atom stereocenters. The third-order valence-corrected chi connectivity index (χ3v) is 7.94. The Labute approximate surface area is 195 Å². The number of para-hydroxylation sites is 1. The molecule has 2 amide bonds. The lowest BCUT2D eigenvalue weighted by molar-refractivity contribution is -0.122. The van der Waals surface area contributed by atoms with Crippen LogP contribution in [0.1, 0.15) is 43.0 Å². The SMILES string of the molecule is CN(C)C1CCC(n2nc(C3=C(c4c[nH]c5sccc45)C(=O)NC3=O)c3ccccc32)CC1. The van der Waals surface area contributed by atoms with Gasteiger partial charge in [0.1, 0.15) is 10.5 Å². The standard InChI is InChI=1S/C25H25N5O2S/c1-29(2)14-7-9-15(10-8-14)30-19-6-4-3-5-17(19)22(28-30)21-20(23(31)27-24(21)32)18-13-26-25-16(18)11-12-33-25/h3-6,11-15,26H,7-10H2,1-2H3,(H,27,31,32). The number of imide groups is 1. The third kappa shape index (κ3) is 3.16. The van der Waals surface area contributed by atoms with Crippen molar-refractivity contribution in [2.24, 2.45) is 0 Å². The fourth-order valence-corrected chi connectivity index (χ4v) is 6.14. The van der Waals surface area contributed by atoms with Crippen LogP contribution in [0.4, 0.5) is 0 Å². The van der Waals surface area contributed by atoms with E-state index in [9.17, 15) is 9.59 Å². The van der Waals surface area contributed by atoms with Crippen LogP contribution in [0.25, 0.3) is 32.3 Å². The van der Waals surface area contributed by atoms with Gasteiger partial charge in [-0.2, -0.15) is 5.10 Å². The smallest absolute Gasteiger partial charge is 0.261 e. The maximum atomic E-state index is 13.1. The van der Waals surface area contributed by atoms with Crippen LogP contribution < -0.4 is 5.32 Å². The molecular formula is C25H25N5O2S. The summed E-state index contributed by atoms with van der Waals surface area (Å²) in [5.41, 5.74) is 3.10. The Balaban J connectivity index is 1.51. The van der Waals surface area contributed by atoms with Gasteiger partial charge >= 0.3 is 0 Å². The van der Waals surface area contributed by atoms with E-state index in [1.165, 1.54) is 0 Å². The van der Waals surface area contributed by atoms with Gasteiger partial charge in [0.05, 0.1) is 22.7 Å². The minimum absolute atomic E-state index is 0.278. The average Bonchev–Trinajstić information content (AvgIpc) is 3.56. The van der Waals surface area contributed by atoms with Crippen molar-refractivity contribution in [2.45, 2.75) is 37.8 Å². The molecule has 2 aliphatic rings. The topological polar surface area (TPSA) is 83.0 Å². The van der Waals surface area contributed by atoms with Crippen molar-refractivity contribution >= 4 is 55.4 Å². The van der Waals surface area contributed by atoms with Crippen LogP contribution in [0.2, 0.25) is 0 Å². The number of hydrogen-bond acceptors (Lipinski definition) is 5. The van der Waals surface area contributed by atoms with Crippen molar-refractivity contribution in [2.75, 3.05) is 14.1 Å². The molecule has 3 aromatic heterocycles. The van der Waals surface area contributed by atoms with Gasteiger partial charge in [0.2, 0.25) is 0 Å². The summed E-state index contributed by atoms with van der Waals surface area (Å²) in [5.74, 6) is -0.751. The van der Waals surface area contributed by atoms with Crippen molar-refractivity contribution in [3.8, 4) is 0 Å². The molecule has 0 radical (unpaired) electrons. The van der Waals surface area contributed by atoms with Gasteiger partial charge in [-0.15, -0.1) is 11.3 Å². The lowest BCUT2D eigenvalue weighted by Crippen LogP contribution is -2.33. The molecule has 0 saturated heterocycles. The predicted molar refractivity (Wildman–Crippen MR) is 131 cm³/mol. The van der Waals surface area contributed by atoms with E-state index in [0.29, 0.717) is 22.9 Å². The van der Waals surface area contributed by atoms with Gasteiger partial charge < -0.3 is 9.88 Å². The minimum atomic E-state index is -0.383. The van der Waals surface area contributed by atoms with Crippen LogP contribution in [0.5, 0.6) is 0 Å². The summed E-state index contributed by atoms with van der Waals surface area (Å²) in [6.07, 6.45) is 6.13. The van der Waals surface area contributed by atoms with E-state index >= 15 is 0 Å². The summed E-state index contributed by atoms with van der Waals surface area (Å²) in [6.45, 7) is 0. The van der Waals surface area contributed by atoms with Crippen molar-refractivity contribution < 1.29 is 9.59 Å². The highest BCUT2D eigenvalue weighted by Crippen LogP contribution is 2.40. The van der Waals surface area contributed by atoms with E-state index in [1.807, 2.05) is 35.8 Å². The van der Waals surface area contributed by atoms with Crippen LogP contribution in [-0.4, -0.2) is 51.6 Å². The fourth-order valence-electron chi connectivity index (χ4n) is 5.36. The van der Waals surface area contributed by atoms with E-state index in [4.69, 9.17) is 5.10 Å². The molecule has 1 saturated carbocycles. The Morgan fingerprint density at radius 1 is 1.00 bits per heavy atom. The van der Waals surface area contributed by atoms with Gasteiger partial charge in [0.15, 0.2) is 0 Å². The third-order valence-electron chi connectivity index (χ3n) is 7.10. The number of aromatic amines is 1. The number of carbonyl (C=O) groups is 2. The second-order valence-corrected chi connectivity index (χ2v) is 10.1. The molecule has 0 bridgehead atoms. The van der Waals surface area contributed by atoms with Crippen LogP contribution in [0.15, 0.2) is 41.9 Å². The normalized spacial score (nSPS) is 21.7. The van der Waals surface area contributed by atoms with Crippen molar-refractivity contribution in [3.63, 3.8) is 0 Å². The first-order valence-electron chi connectivity index (χ1n) is 11.3. The molecule has 1 aliphatic carbocycles. The first-order chi connectivity index (χ1) is 16.0. The minimum Gasteiger partial charge on any atom is -0.352 e. The Morgan fingerprint density at radius 3 is 2.55 bits per heavy atom. The van der Waals surface area contributed by atoms with Gasteiger partial charge in [0.25, 0.3) is 11.8 Å². The average molecular weight is 460 g/mol. The highest BCUT2D eigenvalue weighted by Gasteiger charge is 2.37. The molecule has 8 heteroatoms. The van der Waals surface area contributed by atoms with E-state index in [0.717, 1.165) is 52.4 Å². The zero-order chi connectivity index (χ0) is 22.7. The van der Waals surface area contributed by atoms with Crippen molar-refractivity contribution in [3.05, 3.63) is 53.2 Å². The lowest BCUT2D eigenvalue weighted by atomic mass is 9.90. The fraction of sp³-hybridized carbons (Fsp3) is 0.320. The van der Waals surface area contributed by atoms with Crippen LogP contribution in [0.3, 0.4) is 0 Å². The molecule has 7 nitrogen and oxygen atoms in total. The van der Waals surface area contributed by atoms with Gasteiger partial charge in [-0.1, -0.05) is 18.2 Å². The monoisotopic (exact) mass is 459 g/mol. The zero-order valence-corrected chi connectivity index (χ0v) is 19.4. The number of thiophene rings is 1. The summed E-state index contributed by atoms with van der Waals surface area (Å²) in [6, 6.07) is 10.9. The first-order valence-corrected chi connectivity index (χ1v) is 12.2. The summed E-state index contributed by atoms with van der Waals surface area (Å²) < 4.78 is 2.09. The summed E-state index contributed by atoms with van der Waals surface area (Å²) in [4.78, 5) is 32.5. The zero-order valence-electron chi connectivity index (χ0n) is 18.6. The number of rotatable bonds is 4. The molecule has 1 aliphatic heterocycles. The quantitative estimate of drug-likeness (QED) is 0.448. The van der Waals surface area contributed by atoms with E-state index in [-0.39, 0.29) is 17.9 Å². The summed E-state index contributed by atoms with van der Waals surface area (Å²) in [7, 11) is 4.28. The molecule has 1 fully saturated rings. The number of hydrogen-bond donors (Lipinski definition) is 2. The number of carbonyl (C=O) groups excluding carboxylic acids is 2. The molecule has 1 aromatic carbocycles. The maximum Gasteiger partial charge on any atom is 0.261 e. The van der Waals surface area contributed by atoms with E-state index in [2.05, 4.69) is 40.0 Å². The number of fused-ring (bicyclic) bond motifs is 2. The molecule has 6 rings (SSSR count). The maximum absolute atomic E-state index is 13.1. The Hall–Kier alpha value is -3.23.